The molecule has 1 heterocycles. The van der Waals surface area contributed by atoms with Gasteiger partial charge in [-0.2, -0.15) is 0 Å². The molecule has 2 aromatic carbocycles. The molecule has 0 atom stereocenters. The number of ether oxygens (including phenoxy) is 2. The number of nitrogens with zero attached hydrogens (tertiary/aromatic N) is 2. The van der Waals surface area contributed by atoms with Crippen molar-refractivity contribution in [1.29, 1.82) is 0 Å². The molecule has 0 aliphatic rings. The normalized spacial score (nSPS) is 10.2. The van der Waals surface area contributed by atoms with Gasteiger partial charge in [0.2, 0.25) is 0 Å². The predicted octanol–water partition coefficient (Wildman–Crippen LogP) is 4.14. The summed E-state index contributed by atoms with van der Waals surface area (Å²) >= 11 is 6.08. The van der Waals surface area contributed by atoms with Crippen molar-refractivity contribution in [2.45, 2.75) is 0 Å². The van der Waals surface area contributed by atoms with Crippen molar-refractivity contribution < 1.29 is 14.3 Å². The summed E-state index contributed by atoms with van der Waals surface area (Å²) in [5.74, 6) is 1.34. The minimum absolute atomic E-state index is 0.210. The molecule has 1 aromatic heterocycles. The van der Waals surface area contributed by atoms with E-state index >= 15 is 0 Å². The van der Waals surface area contributed by atoms with Crippen LogP contribution in [0.1, 0.15) is 10.5 Å². The van der Waals surface area contributed by atoms with Crippen LogP contribution in [0, 0.1) is 0 Å². The fourth-order valence-corrected chi connectivity index (χ4v) is 2.60. The maximum Gasteiger partial charge on any atom is 0.274 e. The van der Waals surface area contributed by atoms with Crippen molar-refractivity contribution in [2.75, 3.05) is 24.9 Å². The van der Waals surface area contributed by atoms with Gasteiger partial charge in [0.05, 0.1) is 19.2 Å². The first kappa shape index (κ1) is 18.5. The zero-order valence-corrected chi connectivity index (χ0v) is 15.4. The molecule has 0 saturated heterocycles. The van der Waals surface area contributed by atoms with Crippen LogP contribution in [0.5, 0.6) is 11.5 Å². The zero-order chi connectivity index (χ0) is 19.2. The van der Waals surface area contributed by atoms with E-state index < -0.39 is 0 Å². The highest BCUT2D eigenvalue weighted by molar-refractivity contribution is 6.32. The first-order valence-electron chi connectivity index (χ1n) is 7.97. The van der Waals surface area contributed by atoms with E-state index in [1.165, 1.54) is 13.4 Å². The third-order valence-corrected chi connectivity index (χ3v) is 3.95. The van der Waals surface area contributed by atoms with Gasteiger partial charge in [-0.15, -0.1) is 0 Å². The van der Waals surface area contributed by atoms with Gasteiger partial charge < -0.3 is 20.1 Å². The first-order chi connectivity index (χ1) is 13.1. The van der Waals surface area contributed by atoms with Crippen LogP contribution in [0.2, 0.25) is 5.02 Å². The Hall–Kier alpha value is -3.32. The predicted molar refractivity (Wildman–Crippen MR) is 104 cm³/mol. The number of benzene rings is 2. The summed E-state index contributed by atoms with van der Waals surface area (Å²) in [6.45, 7) is 0. The fourth-order valence-electron chi connectivity index (χ4n) is 2.34. The van der Waals surface area contributed by atoms with Gasteiger partial charge in [-0.05, 0) is 30.3 Å². The Morgan fingerprint density at radius 1 is 1.00 bits per heavy atom. The van der Waals surface area contributed by atoms with E-state index in [4.69, 9.17) is 21.1 Å². The van der Waals surface area contributed by atoms with Gasteiger partial charge in [-0.3, -0.25) is 4.79 Å². The molecule has 0 saturated carbocycles. The molecular weight excluding hydrogens is 368 g/mol. The molecule has 8 heteroatoms. The van der Waals surface area contributed by atoms with Crippen molar-refractivity contribution >= 4 is 34.7 Å². The first-order valence-corrected chi connectivity index (χ1v) is 8.35. The average molecular weight is 385 g/mol. The highest BCUT2D eigenvalue weighted by Crippen LogP contribution is 2.27. The number of anilines is 3. The molecule has 0 unspecified atom stereocenters. The third-order valence-electron chi connectivity index (χ3n) is 3.65. The maximum atomic E-state index is 12.5. The Morgan fingerprint density at radius 2 is 1.85 bits per heavy atom. The summed E-state index contributed by atoms with van der Waals surface area (Å²) in [6, 6.07) is 13.9. The van der Waals surface area contributed by atoms with Crippen LogP contribution in [0.4, 0.5) is 17.2 Å². The zero-order valence-electron chi connectivity index (χ0n) is 14.7. The van der Waals surface area contributed by atoms with E-state index in [2.05, 4.69) is 20.6 Å². The summed E-state index contributed by atoms with van der Waals surface area (Å²) in [7, 11) is 3.12. The fraction of sp³-hybridized carbons (Fsp3) is 0.105. The monoisotopic (exact) mass is 384 g/mol. The van der Waals surface area contributed by atoms with Crippen molar-refractivity contribution in [1.82, 2.24) is 9.97 Å². The second-order valence-electron chi connectivity index (χ2n) is 5.45. The van der Waals surface area contributed by atoms with Gasteiger partial charge in [-0.1, -0.05) is 17.7 Å². The number of methoxy groups -OCH3 is 2. The van der Waals surface area contributed by atoms with Crippen LogP contribution >= 0.6 is 11.6 Å². The lowest BCUT2D eigenvalue weighted by Gasteiger charge is -2.09. The number of hydrogen-bond acceptors (Lipinski definition) is 6. The topological polar surface area (TPSA) is 85.4 Å². The molecule has 0 aliphatic carbocycles. The molecule has 1 amide bonds. The van der Waals surface area contributed by atoms with Crippen LogP contribution in [0.15, 0.2) is 54.9 Å². The lowest BCUT2D eigenvalue weighted by molar-refractivity contribution is 0.102. The van der Waals surface area contributed by atoms with Gasteiger partial charge in [0.15, 0.2) is 0 Å². The number of rotatable bonds is 6. The average Bonchev–Trinajstić information content (AvgIpc) is 2.68. The Kier molecular flexibility index (Phi) is 5.73. The largest absolute Gasteiger partial charge is 0.497 e. The standard InChI is InChI=1S/C19H17ClN4O3/c1-26-14-5-3-4-12(8-14)23-18-10-16(21-11-22-18)19(25)24-13-6-7-17(27-2)15(20)9-13/h3-11H,1-2H3,(H,24,25)(H,21,22,23). The van der Waals surface area contributed by atoms with Gasteiger partial charge in [-0.25, -0.2) is 9.97 Å². The Bertz CT molecular complexity index is 965. The Morgan fingerprint density at radius 3 is 2.59 bits per heavy atom. The van der Waals surface area contributed by atoms with Crippen LogP contribution in [0.25, 0.3) is 0 Å². The molecule has 0 bridgehead atoms. The van der Waals surface area contributed by atoms with E-state index in [-0.39, 0.29) is 11.6 Å². The molecule has 3 rings (SSSR count). The van der Waals surface area contributed by atoms with Crippen LogP contribution in [-0.4, -0.2) is 30.1 Å². The molecule has 3 aromatic rings. The highest BCUT2D eigenvalue weighted by Gasteiger charge is 2.11. The third kappa shape index (κ3) is 4.65. The molecule has 138 valence electrons. The number of nitrogens with one attached hydrogen (secondary N) is 2. The number of carbonyl (C=O) groups excluding carboxylic acids is 1. The number of amides is 1. The quantitative estimate of drug-likeness (QED) is 0.664. The molecule has 0 radical (unpaired) electrons. The summed E-state index contributed by atoms with van der Waals surface area (Å²) in [4.78, 5) is 20.6. The number of halogens is 1. The summed E-state index contributed by atoms with van der Waals surface area (Å²) in [5, 5.41) is 6.26. The lowest BCUT2D eigenvalue weighted by atomic mass is 10.2. The van der Waals surface area contributed by atoms with E-state index in [1.54, 1.807) is 31.4 Å². The van der Waals surface area contributed by atoms with E-state index in [9.17, 15) is 4.79 Å². The number of carbonyl (C=O) groups is 1. The summed E-state index contributed by atoms with van der Waals surface area (Å²) in [6.07, 6.45) is 1.32. The van der Waals surface area contributed by atoms with Gasteiger partial charge in [0.1, 0.15) is 29.3 Å². The highest BCUT2D eigenvalue weighted by atomic mass is 35.5. The van der Waals surface area contributed by atoms with E-state index in [1.807, 2.05) is 24.3 Å². The van der Waals surface area contributed by atoms with Crippen molar-refractivity contribution in [2.24, 2.45) is 0 Å². The number of aromatic nitrogens is 2. The molecule has 27 heavy (non-hydrogen) atoms. The van der Waals surface area contributed by atoms with Gasteiger partial charge in [0.25, 0.3) is 5.91 Å². The molecule has 0 aliphatic heterocycles. The molecular formula is C19H17ClN4O3. The molecule has 0 spiro atoms. The van der Waals surface area contributed by atoms with E-state index in [0.717, 1.165) is 5.69 Å². The second-order valence-corrected chi connectivity index (χ2v) is 5.86. The van der Waals surface area contributed by atoms with Crippen molar-refractivity contribution in [3.63, 3.8) is 0 Å². The number of hydrogen-bond donors (Lipinski definition) is 2. The molecule has 7 nitrogen and oxygen atoms in total. The SMILES string of the molecule is COc1cccc(Nc2cc(C(=O)Nc3ccc(OC)c(Cl)c3)ncn2)c1. The minimum atomic E-state index is -0.382. The second kappa shape index (κ2) is 8.37. The van der Waals surface area contributed by atoms with Crippen LogP contribution in [-0.2, 0) is 0 Å². The van der Waals surface area contributed by atoms with Gasteiger partial charge in [0, 0.05) is 23.5 Å². The minimum Gasteiger partial charge on any atom is -0.497 e. The lowest BCUT2D eigenvalue weighted by Crippen LogP contribution is -2.14. The summed E-state index contributed by atoms with van der Waals surface area (Å²) < 4.78 is 10.3. The summed E-state index contributed by atoms with van der Waals surface area (Å²) in [5.41, 5.74) is 1.52. The van der Waals surface area contributed by atoms with Crippen molar-refractivity contribution in [3.8, 4) is 11.5 Å². The Balaban J connectivity index is 1.74. The van der Waals surface area contributed by atoms with Crippen LogP contribution in [0.3, 0.4) is 0 Å². The van der Waals surface area contributed by atoms with E-state index in [0.29, 0.717) is 28.0 Å². The van der Waals surface area contributed by atoms with Crippen molar-refractivity contribution in [3.05, 3.63) is 65.6 Å². The molecule has 2 N–H and O–H groups in total. The smallest absolute Gasteiger partial charge is 0.274 e. The maximum absolute atomic E-state index is 12.5. The molecule has 0 fully saturated rings. The van der Waals surface area contributed by atoms with Gasteiger partial charge >= 0.3 is 0 Å². The Labute approximate surface area is 161 Å². The van der Waals surface area contributed by atoms with Crippen LogP contribution < -0.4 is 20.1 Å².